The lowest BCUT2D eigenvalue weighted by Gasteiger charge is -2.28. The normalized spacial score (nSPS) is 20.4. The van der Waals surface area contributed by atoms with Crippen LogP contribution in [0.4, 0.5) is 5.69 Å². The number of anilines is 1. The Morgan fingerprint density at radius 2 is 1.57 bits per heavy atom. The number of amides is 2. The topological polar surface area (TPSA) is 54.5 Å². The zero-order valence-corrected chi connectivity index (χ0v) is 12.8. The van der Waals surface area contributed by atoms with Gasteiger partial charge in [-0.1, -0.05) is 48.5 Å². The summed E-state index contributed by atoms with van der Waals surface area (Å²) in [6.07, 6.45) is 0.824. The molecule has 0 aromatic heterocycles. The standard InChI is InChI=1S/C19H17NO3/c1-19(13-21,14-8-4-2-5-9-14)16-12-17(22)20(18(16)23)15-10-6-3-7-11-15/h2-11,13,16H,12H2,1H3. The predicted octanol–water partition coefficient (Wildman–Crippen LogP) is 2.72. The molecule has 3 rings (SSSR count). The zero-order chi connectivity index (χ0) is 16.4. The monoisotopic (exact) mass is 307 g/mol. The third-order valence-corrected chi connectivity index (χ3v) is 4.53. The van der Waals surface area contributed by atoms with Crippen LogP contribution in [0.1, 0.15) is 18.9 Å². The van der Waals surface area contributed by atoms with Gasteiger partial charge in [0.25, 0.3) is 0 Å². The molecule has 116 valence electrons. The van der Waals surface area contributed by atoms with Crippen LogP contribution in [-0.4, -0.2) is 18.1 Å². The smallest absolute Gasteiger partial charge is 0.238 e. The fourth-order valence-electron chi connectivity index (χ4n) is 3.10. The Hall–Kier alpha value is -2.75. The van der Waals surface area contributed by atoms with Gasteiger partial charge in [-0.3, -0.25) is 14.5 Å². The summed E-state index contributed by atoms with van der Waals surface area (Å²) in [6, 6.07) is 18.0. The van der Waals surface area contributed by atoms with E-state index in [1.807, 2.05) is 36.4 Å². The van der Waals surface area contributed by atoms with Gasteiger partial charge >= 0.3 is 0 Å². The molecule has 2 amide bonds. The molecule has 0 spiro atoms. The highest BCUT2D eigenvalue weighted by atomic mass is 16.2. The van der Waals surface area contributed by atoms with Gasteiger partial charge in [-0.05, 0) is 24.6 Å². The van der Waals surface area contributed by atoms with E-state index in [1.54, 1.807) is 31.2 Å². The maximum atomic E-state index is 12.8. The van der Waals surface area contributed by atoms with Gasteiger partial charge in [0.1, 0.15) is 6.29 Å². The fraction of sp³-hybridized carbons (Fsp3) is 0.211. The first-order valence-electron chi connectivity index (χ1n) is 7.51. The van der Waals surface area contributed by atoms with Gasteiger partial charge in [0.05, 0.1) is 17.0 Å². The van der Waals surface area contributed by atoms with E-state index in [0.29, 0.717) is 5.69 Å². The third-order valence-electron chi connectivity index (χ3n) is 4.53. The van der Waals surface area contributed by atoms with Crippen LogP contribution in [0.2, 0.25) is 0 Å². The zero-order valence-electron chi connectivity index (χ0n) is 12.8. The Balaban J connectivity index is 2.00. The van der Waals surface area contributed by atoms with Gasteiger partial charge in [0, 0.05) is 6.42 Å². The SMILES string of the molecule is CC(C=O)(c1ccccc1)C1CC(=O)N(c2ccccc2)C1=O. The van der Waals surface area contributed by atoms with Crippen molar-refractivity contribution in [3.05, 3.63) is 66.2 Å². The summed E-state index contributed by atoms with van der Waals surface area (Å²) in [5.41, 5.74) is 0.278. The molecular weight excluding hydrogens is 290 g/mol. The molecule has 0 bridgehead atoms. The van der Waals surface area contributed by atoms with E-state index in [-0.39, 0.29) is 18.2 Å². The molecule has 1 aliphatic heterocycles. The van der Waals surface area contributed by atoms with Crippen molar-refractivity contribution in [3.63, 3.8) is 0 Å². The number of hydrogen-bond acceptors (Lipinski definition) is 3. The lowest BCUT2D eigenvalue weighted by Crippen LogP contribution is -2.40. The van der Waals surface area contributed by atoms with Crippen molar-refractivity contribution in [1.82, 2.24) is 0 Å². The van der Waals surface area contributed by atoms with Gasteiger partial charge in [-0.2, -0.15) is 0 Å². The predicted molar refractivity (Wildman–Crippen MR) is 86.9 cm³/mol. The highest BCUT2D eigenvalue weighted by Crippen LogP contribution is 2.39. The summed E-state index contributed by atoms with van der Waals surface area (Å²) in [7, 11) is 0. The van der Waals surface area contributed by atoms with Crippen molar-refractivity contribution in [2.75, 3.05) is 4.90 Å². The van der Waals surface area contributed by atoms with Crippen LogP contribution in [0.3, 0.4) is 0 Å². The molecule has 0 N–H and O–H groups in total. The Labute approximate surface area is 134 Å². The number of aldehydes is 1. The summed E-state index contributed by atoms with van der Waals surface area (Å²) >= 11 is 0. The number of carbonyl (C=O) groups excluding carboxylic acids is 3. The minimum absolute atomic E-state index is 0.0395. The molecule has 23 heavy (non-hydrogen) atoms. The van der Waals surface area contributed by atoms with Gasteiger partial charge in [-0.15, -0.1) is 0 Å². The average molecular weight is 307 g/mol. The average Bonchev–Trinajstić information content (AvgIpc) is 2.90. The number of imide groups is 1. The van der Waals surface area contributed by atoms with Gasteiger partial charge < -0.3 is 4.79 Å². The Morgan fingerprint density at radius 1 is 1.00 bits per heavy atom. The van der Waals surface area contributed by atoms with E-state index < -0.39 is 11.3 Å². The van der Waals surface area contributed by atoms with Gasteiger partial charge in [0.2, 0.25) is 11.8 Å². The van der Waals surface area contributed by atoms with E-state index in [4.69, 9.17) is 0 Å². The fourth-order valence-corrected chi connectivity index (χ4v) is 3.10. The van der Waals surface area contributed by atoms with Gasteiger partial charge in [0.15, 0.2) is 0 Å². The lowest BCUT2D eigenvalue weighted by atomic mass is 9.72. The number of nitrogens with zero attached hydrogens (tertiary/aromatic N) is 1. The Bertz CT molecular complexity index is 742. The molecular formula is C19H17NO3. The second-order valence-electron chi connectivity index (χ2n) is 5.93. The molecule has 1 aliphatic rings. The van der Waals surface area contributed by atoms with E-state index in [1.165, 1.54) is 4.90 Å². The van der Waals surface area contributed by atoms with Gasteiger partial charge in [-0.25, -0.2) is 0 Å². The molecule has 4 nitrogen and oxygen atoms in total. The maximum absolute atomic E-state index is 12.8. The first-order chi connectivity index (χ1) is 11.1. The molecule has 2 unspecified atom stereocenters. The Kier molecular flexibility index (Phi) is 3.82. The van der Waals surface area contributed by atoms with Crippen molar-refractivity contribution in [2.24, 2.45) is 5.92 Å². The molecule has 2 aromatic rings. The van der Waals surface area contributed by atoms with Crippen molar-refractivity contribution >= 4 is 23.8 Å². The van der Waals surface area contributed by atoms with E-state index in [9.17, 15) is 14.4 Å². The van der Waals surface area contributed by atoms with Crippen LogP contribution in [0.25, 0.3) is 0 Å². The largest absolute Gasteiger partial charge is 0.302 e. The molecule has 2 aromatic carbocycles. The summed E-state index contributed by atoms with van der Waals surface area (Å²) in [5.74, 6) is -1.27. The van der Waals surface area contributed by atoms with E-state index in [2.05, 4.69) is 0 Å². The van der Waals surface area contributed by atoms with Crippen LogP contribution in [0.5, 0.6) is 0 Å². The molecule has 4 heteroatoms. The molecule has 0 saturated carbocycles. The van der Waals surface area contributed by atoms with Crippen LogP contribution in [-0.2, 0) is 19.8 Å². The summed E-state index contributed by atoms with van der Waals surface area (Å²) in [5, 5.41) is 0. The van der Waals surface area contributed by atoms with Crippen LogP contribution < -0.4 is 4.90 Å². The molecule has 1 saturated heterocycles. The third kappa shape index (κ3) is 2.46. The van der Waals surface area contributed by atoms with E-state index in [0.717, 1.165) is 11.8 Å². The molecule has 0 aliphatic carbocycles. The highest BCUT2D eigenvalue weighted by Gasteiger charge is 2.50. The minimum Gasteiger partial charge on any atom is -0.302 e. The lowest BCUT2D eigenvalue weighted by molar-refractivity contribution is -0.126. The van der Waals surface area contributed by atoms with Crippen LogP contribution in [0, 0.1) is 5.92 Å². The van der Waals surface area contributed by atoms with Crippen LogP contribution in [0.15, 0.2) is 60.7 Å². The van der Waals surface area contributed by atoms with Crippen molar-refractivity contribution in [3.8, 4) is 0 Å². The summed E-state index contributed by atoms with van der Waals surface area (Å²) < 4.78 is 0. The number of carbonyl (C=O) groups is 3. The molecule has 1 heterocycles. The van der Waals surface area contributed by atoms with Crippen molar-refractivity contribution in [2.45, 2.75) is 18.8 Å². The maximum Gasteiger partial charge on any atom is 0.238 e. The van der Waals surface area contributed by atoms with Crippen molar-refractivity contribution < 1.29 is 14.4 Å². The summed E-state index contributed by atoms with van der Waals surface area (Å²) in [4.78, 5) is 38.2. The molecule has 2 atom stereocenters. The van der Waals surface area contributed by atoms with Crippen molar-refractivity contribution in [1.29, 1.82) is 0 Å². The first-order valence-corrected chi connectivity index (χ1v) is 7.51. The number of para-hydroxylation sites is 1. The molecule has 0 radical (unpaired) electrons. The second kappa shape index (κ2) is 5.80. The second-order valence-corrected chi connectivity index (χ2v) is 5.93. The Morgan fingerprint density at radius 3 is 2.13 bits per heavy atom. The number of hydrogen-bond donors (Lipinski definition) is 0. The highest BCUT2D eigenvalue weighted by molar-refractivity contribution is 6.22. The number of rotatable bonds is 4. The molecule has 1 fully saturated rings. The number of benzene rings is 2. The van der Waals surface area contributed by atoms with E-state index >= 15 is 0 Å². The first kappa shape index (κ1) is 15.2. The minimum atomic E-state index is -1.02. The summed E-state index contributed by atoms with van der Waals surface area (Å²) in [6.45, 7) is 1.72. The van der Waals surface area contributed by atoms with Crippen LogP contribution >= 0.6 is 0 Å². The quantitative estimate of drug-likeness (QED) is 0.644.